The molecule has 0 radical (unpaired) electrons. The van der Waals surface area contributed by atoms with Gasteiger partial charge in [0.25, 0.3) is 0 Å². The first-order valence-electron chi connectivity index (χ1n) is 8.89. The van der Waals surface area contributed by atoms with E-state index in [1.54, 1.807) is 0 Å². The van der Waals surface area contributed by atoms with E-state index in [2.05, 4.69) is 25.2 Å². The van der Waals surface area contributed by atoms with Crippen LogP contribution in [-0.2, 0) is 9.59 Å². The van der Waals surface area contributed by atoms with Crippen LogP contribution in [-0.4, -0.2) is 22.6 Å². The highest BCUT2D eigenvalue weighted by atomic mass is 16.2. The molecule has 5 heteroatoms. The van der Waals surface area contributed by atoms with Crippen LogP contribution in [0.3, 0.4) is 0 Å². The molecule has 1 amide bonds. The Kier molecular flexibility index (Phi) is 3.55. The number of nitrogens with zero attached hydrogens (tertiary/aromatic N) is 2. The number of nitrogens with one attached hydrogen (secondary N) is 1. The van der Waals surface area contributed by atoms with Gasteiger partial charge in [-0.2, -0.15) is 5.26 Å². The molecular formula is C21H21N3O2. The number of carbonyl (C=O) groups is 2. The van der Waals surface area contributed by atoms with Crippen molar-refractivity contribution in [1.82, 2.24) is 10.2 Å². The van der Waals surface area contributed by atoms with Gasteiger partial charge in [0, 0.05) is 17.7 Å². The summed E-state index contributed by atoms with van der Waals surface area (Å²) in [5.74, 6) is 0.0624. The van der Waals surface area contributed by atoms with Crippen LogP contribution in [0.5, 0.6) is 0 Å². The van der Waals surface area contributed by atoms with E-state index in [-0.39, 0.29) is 17.1 Å². The zero-order chi connectivity index (χ0) is 18.6. The summed E-state index contributed by atoms with van der Waals surface area (Å²) >= 11 is 0. The van der Waals surface area contributed by atoms with E-state index in [1.807, 2.05) is 42.2 Å². The van der Waals surface area contributed by atoms with Crippen molar-refractivity contribution >= 4 is 11.7 Å². The molecule has 1 saturated heterocycles. The maximum Gasteiger partial charge on any atom is 0.248 e. The summed E-state index contributed by atoms with van der Waals surface area (Å²) in [6.45, 7) is 5.97. The van der Waals surface area contributed by atoms with Gasteiger partial charge in [0.1, 0.15) is 11.9 Å². The van der Waals surface area contributed by atoms with Gasteiger partial charge in [-0.25, -0.2) is 0 Å². The van der Waals surface area contributed by atoms with Gasteiger partial charge in [0.2, 0.25) is 5.91 Å². The number of hydrogen-bond acceptors (Lipinski definition) is 4. The Balaban J connectivity index is 2.00. The van der Waals surface area contributed by atoms with Gasteiger partial charge in [-0.1, -0.05) is 44.2 Å². The van der Waals surface area contributed by atoms with Gasteiger partial charge < -0.3 is 10.2 Å². The Morgan fingerprint density at radius 1 is 1.19 bits per heavy atom. The van der Waals surface area contributed by atoms with Crippen LogP contribution in [0.2, 0.25) is 0 Å². The smallest absolute Gasteiger partial charge is 0.248 e. The second-order valence-electron chi connectivity index (χ2n) is 8.05. The Morgan fingerprint density at radius 3 is 2.54 bits per heavy atom. The van der Waals surface area contributed by atoms with Crippen LogP contribution in [0.4, 0.5) is 0 Å². The second-order valence-corrected chi connectivity index (χ2v) is 8.05. The summed E-state index contributed by atoms with van der Waals surface area (Å²) in [6, 6.07) is 11.5. The van der Waals surface area contributed by atoms with Crippen molar-refractivity contribution in [2.24, 2.45) is 5.41 Å². The quantitative estimate of drug-likeness (QED) is 0.848. The van der Waals surface area contributed by atoms with E-state index >= 15 is 0 Å². The SMILES string of the molecule is CC1C(=O)NC2=C(C#N)C(c3ccccc3)C3=C(CC(C)(C)CC3=O)N21. The predicted octanol–water partition coefficient (Wildman–Crippen LogP) is 2.98. The van der Waals surface area contributed by atoms with Crippen LogP contribution in [0.25, 0.3) is 0 Å². The monoisotopic (exact) mass is 347 g/mol. The minimum Gasteiger partial charge on any atom is -0.318 e. The third-order valence-electron chi connectivity index (χ3n) is 5.52. The summed E-state index contributed by atoms with van der Waals surface area (Å²) in [7, 11) is 0. The zero-order valence-electron chi connectivity index (χ0n) is 15.2. The molecule has 1 fully saturated rings. The second kappa shape index (κ2) is 5.57. The zero-order valence-corrected chi connectivity index (χ0v) is 15.2. The number of Topliss-reactive ketones (excluding diaryl/α,β-unsaturated/α-hetero) is 1. The van der Waals surface area contributed by atoms with Crippen molar-refractivity contribution in [2.45, 2.75) is 45.6 Å². The molecule has 132 valence electrons. The van der Waals surface area contributed by atoms with Crippen molar-refractivity contribution in [3.8, 4) is 6.07 Å². The fraction of sp³-hybridized carbons (Fsp3) is 0.381. The van der Waals surface area contributed by atoms with Gasteiger partial charge >= 0.3 is 0 Å². The number of hydrogen-bond donors (Lipinski definition) is 1. The highest BCUT2D eigenvalue weighted by Crippen LogP contribution is 2.50. The minimum atomic E-state index is -0.420. The molecule has 2 atom stereocenters. The maximum atomic E-state index is 13.1. The van der Waals surface area contributed by atoms with Crippen molar-refractivity contribution in [1.29, 1.82) is 5.26 Å². The first kappa shape index (κ1) is 16.6. The fourth-order valence-electron chi connectivity index (χ4n) is 4.38. The highest BCUT2D eigenvalue weighted by molar-refractivity contribution is 6.01. The molecule has 2 unspecified atom stereocenters. The molecule has 3 aliphatic rings. The van der Waals surface area contributed by atoms with E-state index in [0.29, 0.717) is 29.8 Å². The standard InChI is InChI=1S/C21H21N3O2/c1-12-20(26)23-19-14(11-22)17(13-7-5-4-6-8-13)18-15(24(12)19)9-21(2,3)10-16(18)25/h4-8,12,17H,9-10H2,1-3H3,(H,23,26). The molecule has 1 N–H and O–H groups in total. The molecule has 1 aromatic rings. The lowest BCUT2D eigenvalue weighted by atomic mass is 9.68. The van der Waals surface area contributed by atoms with E-state index in [1.165, 1.54) is 0 Å². The topological polar surface area (TPSA) is 73.2 Å². The van der Waals surface area contributed by atoms with Gasteiger partial charge in [-0.15, -0.1) is 0 Å². The van der Waals surface area contributed by atoms with Gasteiger partial charge in [0.05, 0.1) is 17.6 Å². The molecule has 5 nitrogen and oxygen atoms in total. The molecule has 1 aromatic carbocycles. The Morgan fingerprint density at radius 2 is 1.88 bits per heavy atom. The number of benzene rings is 1. The molecule has 0 spiro atoms. The third kappa shape index (κ3) is 2.29. The van der Waals surface area contributed by atoms with Crippen LogP contribution in [0.15, 0.2) is 53.0 Å². The summed E-state index contributed by atoms with van der Waals surface area (Å²) < 4.78 is 0. The molecule has 0 aromatic heterocycles. The van der Waals surface area contributed by atoms with Crippen LogP contribution in [0.1, 0.15) is 45.1 Å². The van der Waals surface area contributed by atoms with Gasteiger partial charge in [-0.05, 0) is 24.3 Å². The Labute approximate surface area is 153 Å². The van der Waals surface area contributed by atoms with Crippen LogP contribution < -0.4 is 5.32 Å². The number of allylic oxidation sites excluding steroid dienone is 3. The molecule has 0 bridgehead atoms. The lowest BCUT2D eigenvalue weighted by Gasteiger charge is -2.43. The van der Waals surface area contributed by atoms with Gasteiger partial charge in [0.15, 0.2) is 5.78 Å². The number of amides is 1. The largest absolute Gasteiger partial charge is 0.318 e. The molecule has 2 heterocycles. The molecule has 2 aliphatic heterocycles. The molecule has 26 heavy (non-hydrogen) atoms. The number of rotatable bonds is 1. The highest BCUT2D eigenvalue weighted by Gasteiger charge is 2.49. The number of carbonyl (C=O) groups excluding carboxylic acids is 2. The molecule has 1 aliphatic carbocycles. The molecule has 4 rings (SSSR count). The lowest BCUT2D eigenvalue weighted by Crippen LogP contribution is -2.41. The lowest BCUT2D eigenvalue weighted by molar-refractivity contribution is -0.121. The summed E-state index contributed by atoms with van der Waals surface area (Å²) in [4.78, 5) is 27.4. The Hall–Kier alpha value is -2.87. The van der Waals surface area contributed by atoms with Crippen LogP contribution >= 0.6 is 0 Å². The van der Waals surface area contributed by atoms with Crippen molar-refractivity contribution in [3.05, 3.63) is 58.6 Å². The van der Waals surface area contributed by atoms with E-state index in [4.69, 9.17) is 0 Å². The predicted molar refractivity (Wildman–Crippen MR) is 96.3 cm³/mol. The summed E-state index contributed by atoms with van der Waals surface area (Å²) in [5.41, 5.74) is 2.75. The van der Waals surface area contributed by atoms with Crippen molar-refractivity contribution in [3.63, 3.8) is 0 Å². The first-order chi connectivity index (χ1) is 12.3. The van der Waals surface area contributed by atoms with E-state index < -0.39 is 12.0 Å². The average Bonchev–Trinajstić information content (AvgIpc) is 2.89. The van der Waals surface area contributed by atoms with Crippen LogP contribution in [0, 0.1) is 16.7 Å². The number of nitriles is 1. The normalized spacial score (nSPS) is 27.1. The molecular weight excluding hydrogens is 326 g/mol. The van der Waals surface area contributed by atoms with Crippen molar-refractivity contribution < 1.29 is 9.59 Å². The number of fused-ring (bicyclic) bond motifs is 2. The Bertz CT molecular complexity index is 918. The van der Waals surface area contributed by atoms with E-state index in [0.717, 1.165) is 11.3 Å². The fourth-order valence-corrected chi connectivity index (χ4v) is 4.38. The first-order valence-corrected chi connectivity index (χ1v) is 8.89. The van der Waals surface area contributed by atoms with Crippen molar-refractivity contribution in [2.75, 3.05) is 0 Å². The molecule has 0 saturated carbocycles. The summed E-state index contributed by atoms with van der Waals surface area (Å²) in [5, 5.41) is 12.8. The summed E-state index contributed by atoms with van der Waals surface area (Å²) in [6.07, 6.45) is 1.16. The number of ketones is 1. The third-order valence-corrected chi connectivity index (χ3v) is 5.52. The average molecular weight is 347 g/mol. The van der Waals surface area contributed by atoms with E-state index in [9.17, 15) is 14.9 Å². The maximum absolute atomic E-state index is 13.1. The minimum absolute atomic E-state index is 0.0726. The van der Waals surface area contributed by atoms with Gasteiger partial charge in [-0.3, -0.25) is 9.59 Å².